The third-order valence-electron chi connectivity index (χ3n) is 12.5. The van der Waals surface area contributed by atoms with Gasteiger partial charge in [-0.1, -0.05) is 119 Å². The minimum absolute atomic E-state index is 0.0226. The molecule has 0 fully saturated rings. The first-order chi connectivity index (χ1) is 38.4. The van der Waals surface area contributed by atoms with Gasteiger partial charge in [-0.3, -0.25) is 19.2 Å². The summed E-state index contributed by atoms with van der Waals surface area (Å²) >= 11 is 6.51. The number of aromatic hydroxyl groups is 4. The van der Waals surface area contributed by atoms with Crippen LogP contribution in [0.3, 0.4) is 0 Å². The lowest BCUT2D eigenvalue weighted by atomic mass is 9.82. The molecule has 9 rings (SSSR count). The summed E-state index contributed by atoms with van der Waals surface area (Å²) in [6.07, 6.45) is 8.48. The number of nitrogen functional groups attached to an aromatic ring is 2. The summed E-state index contributed by atoms with van der Waals surface area (Å²) in [5.74, 6) is -0.866. The van der Waals surface area contributed by atoms with E-state index in [0.717, 1.165) is 62.9 Å². The fourth-order valence-corrected chi connectivity index (χ4v) is 9.19. The van der Waals surface area contributed by atoms with Crippen molar-refractivity contribution in [1.82, 2.24) is 15.1 Å². The summed E-state index contributed by atoms with van der Waals surface area (Å²) < 4.78 is 6.27. The van der Waals surface area contributed by atoms with Crippen LogP contribution in [0.2, 0.25) is 0 Å². The fourth-order valence-electron chi connectivity index (χ4n) is 8.32. The summed E-state index contributed by atoms with van der Waals surface area (Å²) in [4.78, 5) is 55.1. The molecule has 7 aromatic rings. The Morgan fingerprint density at radius 1 is 0.537 bits per heavy atom. The minimum Gasteiger partial charge on any atom is -0.508 e. The Morgan fingerprint density at radius 3 is 1.29 bits per heavy atom. The van der Waals surface area contributed by atoms with Crippen molar-refractivity contribution in [3.05, 3.63) is 237 Å². The largest absolute Gasteiger partial charge is 0.508 e. The molecule has 0 bridgehead atoms. The third-order valence-corrected chi connectivity index (χ3v) is 13.6. The average molecular weight is 1210 g/mol. The molecular formula is C64H67Br2N5O9. The van der Waals surface area contributed by atoms with Crippen molar-refractivity contribution in [3.63, 3.8) is 0 Å². The maximum atomic E-state index is 13.0. The zero-order chi connectivity index (χ0) is 58.5. The first kappa shape index (κ1) is 62.7. The van der Waals surface area contributed by atoms with E-state index in [1.54, 1.807) is 84.9 Å². The second-order valence-corrected chi connectivity index (χ2v) is 20.1. The second-order valence-electron chi connectivity index (χ2n) is 18.5. The number of nitrogens with one attached hydrogen (secondary N) is 1. The highest BCUT2D eigenvalue weighted by atomic mass is 79.9. The molecule has 2 aliphatic rings. The first-order valence-electron chi connectivity index (χ1n) is 25.4. The van der Waals surface area contributed by atoms with Crippen molar-refractivity contribution in [2.24, 2.45) is 0 Å². The van der Waals surface area contributed by atoms with Gasteiger partial charge in [0.2, 0.25) is 0 Å². The van der Waals surface area contributed by atoms with Crippen LogP contribution in [-0.2, 0) is 19.3 Å². The number of hydrogen-bond acceptors (Lipinski definition) is 14. The number of nitrogens with zero attached hydrogens (tertiary/aromatic N) is 2. The monoisotopic (exact) mass is 1210 g/mol. The summed E-state index contributed by atoms with van der Waals surface area (Å²) in [6, 6.07) is 37.8. The van der Waals surface area contributed by atoms with Gasteiger partial charge >= 0.3 is 0 Å². The van der Waals surface area contributed by atoms with Crippen molar-refractivity contribution in [1.29, 1.82) is 0 Å². The number of ketones is 4. The zero-order valence-electron chi connectivity index (χ0n) is 45.1. The van der Waals surface area contributed by atoms with E-state index in [2.05, 4.69) is 73.8 Å². The Bertz CT molecular complexity index is 3310. The number of aryl methyl sites for hydroxylation is 1. The SMILES string of the molecule is C=CCN(C)CCc1ccc(O)cc1.C=CCN(C)CCc1ccc(Oc2cc(O)c3c(c2N)C(=O)c2ccccc2C3=O)cc1.C=CCNC.Nc1c(Br)cc(O)c2c1C(=O)c1ccccc1C2=O.Oc1ccc(CCBr)cc1. The number of carbonyl (C=O) groups is 4. The molecule has 80 heavy (non-hydrogen) atoms. The van der Waals surface area contributed by atoms with Crippen molar-refractivity contribution < 1.29 is 44.3 Å². The van der Waals surface area contributed by atoms with Crippen molar-refractivity contribution in [2.45, 2.75) is 19.3 Å². The van der Waals surface area contributed by atoms with E-state index < -0.39 is 11.6 Å². The number of phenols is 4. The molecule has 0 unspecified atom stereocenters. The second kappa shape index (κ2) is 30.9. The summed E-state index contributed by atoms with van der Waals surface area (Å²) in [5.41, 5.74) is 17.0. The van der Waals surface area contributed by atoms with Crippen LogP contribution >= 0.6 is 31.9 Å². The molecular weight excluding hydrogens is 1140 g/mol. The van der Waals surface area contributed by atoms with Gasteiger partial charge in [0.25, 0.3) is 0 Å². The van der Waals surface area contributed by atoms with Gasteiger partial charge in [0.05, 0.1) is 33.6 Å². The van der Waals surface area contributed by atoms with Crippen molar-refractivity contribution >= 4 is 66.4 Å². The van der Waals surface area contributed by atoms with Gasteiger partial charge in [0, 0.05) is 70.8 Å². The normalized spacial score (nSPS) is 11.6. The molecule has 0 heterocycles. The molecule has 0 amide bonds. The van der Waals surface area contributed by atoms with Gasteiger partial charge in [0.1, 0.15) is 28.7 Å². The molecule has 0 radical (unpaired) electrons. The van der Waals surface area contributed by atoms with Crippen LogP contribution in [-0.4, -0.2) is 113 Å². The molecule has 416 valence electrons. The maximum Gasteiger partial charge on any atom is 0.198 e. The quantitative estimate of drug-likeness (QED) is 0.0207. The van der Waals surface area contributed by atoms with Crippen LogP contribution in [0.4, 0.5) is 11.4 Å². The highest BCUT2D eigenvalue weighted by Gasteiger charge is 2.36. The van der Waals surface area contributed by atoms with Gasteiger partial charge in [-0.25, -0.2) is 0 Å². The number of fused-ring (bicyclic) bond motifs is 4. The van der Waals surface area contributed by atoms with E-state index in [1.165, 1.54) is 23.3 Å². The van der Waals surface area contributed by atoms with Crippen LogP contribution in [0.1, 0.15) is 80.4 Å². The minimum atomic E-state index is -0.434. The van der Waals surface area contributed by atoms with E-state index in [1.807, 2.05) is 68.7 Å². The van der Waals surface area contributed by atoms with E-state index in [9.17, 15) is 29.4 Å². The Kier molecular flexibility index (Phi) is 24.2. The van der Waals surface area contributed by atoms with Crippen molar-refractivity contribution in [3.8, 4) is 34.5 Å². The van der Waals surface area contributed by atoms with Crippen LogP contribution < -0.4 is 21.5 Å². The first-order valence-corrected chi connectivity index (χ1v) is 27.4. The topological polar surface area (TPSA) is 229 Å². The summed E-state index contributed by atoms with van der Waals surface area (Å²) in [5, 5.41) is 42.3. The molecule has 0 atom stereocenters. The van der Waals surface area contributed by atoms with Gasteiger partial charge in [-0.05, 0) is 115 Å². The number of benzene rings is 7. The lowest BCUT2D eigenvalue weighted by molar-refractivity contribution is 0.0977. The Labute approximate surface area is 484 Å². The molecule has 0 saturated heterocycles. The third kappa shape index (κ3) is 16.7. The number of nitrogens with two attached hydrogens (primary N) is 2. The van der Waals surface area contributed by atoms with E-state index in [0.29, 0.717) is 27.3 Å². The van der Waals surface area contributed by atoms with Gasteiger partial charge in [-0.15, -0.1) is 19.7 Å². The van der Waals surface area contributed by atoms with Crippen LogP contribution in [0, 0.1) is 0 Å². The lowest BCUT2D eigenvalue weighted by Crippen LogP contribution is -2.22. The lowest BCUT2D eigenvalue weighted by Gasteiger charge is -2.21. The number of likely N-dealkylation sites (N-methyl/N-ethyl adjacent to an activating group) is 3. The van der Waals surface area contributed by atoms with Crippen molar-refractivity contribution in [2.75, 3.05) is 70.7 Å². The fraction of sp³-hybridized carbons (Fsp3) is 0.188. The zero-order valence-corrected chi connectivity index (χ0v) is 48.2. The molecule has 16 heteroatoms. The Morgan fingerprint density at radius 2 is 0.912 bits per heavy atom. The predicted octanol–water partition coefficient (Wildman–Crippen LogP) is 11.5. The number of halogens is 2. The standard InChI is InChI=1S/C26H24N2O4.C14H8BrNO3.C12H17NO.C8H9BrO.C4H9N/c1-3-13-28(2)14-12-16-8-10-17(11-9-16)32-21-15-20(29)22-23(24(21)27)26(31)19-7-5-4-6-18(19)25(22)30;15-8-5-9(17)10-11(12(8)16)14(19)7-4-2-1-3-6(7)13(10)18;1-3-9-13(2)10-8-11-4-6-12(14)7-5-11;9-6-5-7-1-3-8(10)4-2-7;1-3-4-5-2/h3-11,15,29H,1,12-14,27H2,2H3;1-5,17H,16H2;3-7,14H,1,8-10H2,2H3;1-4,10H,5-6H2;3,5H,1,4H2,2H3. The Hall–Kier alpha value is -8.12. The summed E-state index contributed by atoms with van der Waals surface area (Å²) in [7, 11) is 6.00. The Balaban J connectivity index is 0.000000207. The number of carbonyl (C=O) groups excluding carboxylic acids is 4. The summed E-state index contributed by atoms with van der Waals surface area (Å²) in [6.45, 7) is 15.5. The molecule has 0 aliphatic heterocycles. The molecule has 14 nitrogen and oxygen atoms in total. The van der Waals surface area contributed by atoms with Gasteiger partial charge < -0.3 is 51.7 Å². The predicted molar refractivity (Wildman–Crippen MR) is 326 cm³/mol. The smallest absolute Gasteiger partial charge is 0.198 e. The highest BCUT2D eigenvalue weighted by Crippen LogP contribution is 2.43. The number of phenolic OH excluding ortho intramolecular Hbond substituents is 4. The number of hydrogen-bond donors (Lipinski definition) is 7. The van der Waals surface area contributed by atoms with E-state index >= 15 is 0 Å². The highest BCUT2D eigenvalue weighted by molar-refractivity contribution is 9.10. The molecule has 7 aromatic carbocycles. The maximum absolute atomic E-state index is 13.0. The average Bonchev–Trinajstić information content (AvgIpc) is 3.51. The van der Waals surface area contributed by atoms with Crippen LogP contribution in [0.25, 0.3) is 0 Å². The van der Waals surface area contributed by atoms with Gasteiger partial charge in [0.15, 0.2) is 28.9 Å². The molecule has 0 aromatic heterocycles. The number of ether oxygens (including phenoxy) is 1. The molecule has 0 saturated carbocycles. The van der Waals surface area contributed by atoms with Crippen LogP contribution in [0.15, 0.2) is 176 Å². The van der Waals surface area contributed by atoms with E-state index in [-0.39, 0.29) is 79.1 Å². The molecule has 2 aliphatic carbocycles. The van der Waals surface area contributed by atoms with E-state index in [4.69, 9.17) is 26.4 Å². The molecule has 9 N–H and O–H groups in total. The number of anilines is 2. The number of alkyl halides is 1. The van der Waals surface area contributed by atoms with Gasteiger partial charge in [-0.2, -0.15) is 0 Å². The number of rotatable bonds is 16. The van der Waals surface area contributed by atoms with Crippen LogP contribution in [0.5, 0.6) is 34.5 Å². The molecule has 0 spiro atoms.